The highest BCUT2D eigenvalue weighted by molar-refractivity contribution is 5.94. The molecule has 2 heterocycles. The van der Waals surface area contributed by atoms with E-state index in [-0.39, 0.29) is 11.5 Å². The Hall–Kier alpha value is -2.17. The van der Waals surface area contributed by atoms with Gasteiger partial charge >= 0.3 is 0 Å². The largest absolute Gasteiger partial charge is 0.375 e. The summed E-state index contributed by atoms with van der Waals surface area (Å²) in [6, 6.07) is 21.9. The van der Waals surface area contributed by atoms with Crippen molar-refractivity contribution in [2.24, 2.45) is 0 Å². The molecule has 2 aliphatic heterocycles. The molecule has 30 heavy (non-hydrogen) atoms. The summed E-state index contributed by atoms with van der Waals surface area (Å²) >= 11 is 0. The van der Waals surface area contributed by atoms with Crippen molar-refractivity contribution in [1.29, 1.82) is 0 Å². The Labute approximate surface area is 179 Å². The van der Waals surface area contributed by atoms with Crippen LogP contribution in [-0.2, 0) is 11.3 Å². The summed E-state index contributed by atoms with van der Waals surface area (Å²) in [6.45, 7) is 3.48. The zero-order valence-electron chi connectivity index (χ0n) is 17.7. The number of carbonyl (C=O) groups is 1. The van der Waals surface area contributed by atoms with E-state index in [1.54, 1.807) is 0 Å². The summed E-state index contributed by atoms with van der Waals surface area (Å²) in [4.78, 5) is 17.6. The number of nitrogens with zero attached hydrogens (tertiary/aromatic N) is 2. The fourth-order valence-corrected chi connectivity index (χ4v) is 5.27. The Morgan fingerprint density at radius 3 is 2.27 bits per heavy atom. The van der Waals surface area contributed by atoms with E-state index in [4.69, 9.17) is 4.74 Å². The summed E-state index contributed by atoms with van der Waals surface area (Å²) in [5.74, 6) is 0.154. The molecule has 2 saturated heterocycles. The number of hydrogen-bond acceptors (Lipinski definition) is 3. The molecule has 0 aromatic heterocycles. The Morgan fingerprint density at radius 1 is 0.933 bits per heavy atom. The van der Waals surface area contributed by atoms with Crippen LogP contribution in [0, 0.1) is 0 Å². The number of likely N-dealkylation sites (tertiary alicyclic amines) is 1. The van der Waals surface area contributed by atoms with Crippen molar-refractivity contribution in [3.8, 4) is 0 Å². The molecule has 158 valence electrons. The van der Waals surface area contributed by atoms with Gasteiger partial charge in [0.05, 0.1) is 5.60 Å². The first-order valence-electron chi connectivity index (χ1n) is 11.5. The monoisotopic (exact) mass is 404 g/mol. The van der Waals surface area contributed by atoms with Crippen LogP contribution in [0.4, 0.5) is 0 Å². The lowest BCUT2D eigenvalue weighted by Gasteiger charge is -2.48. The van der Waals surface area contributed by atoms with Crippen molar-refractivity contribution in [3.63, 3.8) is 0 Å². The van der Waals surface area contributed by atoms with E-state index in [9.17, 15) is 4.79 Å². The molecule has 1 aliphatic carbocycles. The first-order valence-corrected chi connectivity index (χ1v) is 11.5. The van der Waals surface area contributed by atoms with E-state index in [0.29, 0.717) is 6.04 Å². The summed E-state index contributed by atoms with van der Waals surface area (Å²) in [5.41, 5.74) is 2.15. The van der Waals surface area contributed by atoms with Crippen LogP contribution in [0.2, 0.25) is 0 Å². The highest BCUT2D eigenvalue weighted by Gasteiger charge is 2.45. The van der Waals surface area contributed by atoms with E-state index in [0.717, 1.165) is 63.5 Å². The fourth-order valence-electron chi connectivity index (χ4n) is 5.27. The van der Waals surface area contributed by atoms with Crippen molar-refractivity contribution in [1.82, 2.24) is 9.80 Å². The van der Waals surface area contributed by atoms with Crippen molar-refractivity contribution in [2.75, 3.05) is 19.7 Å². The third-order valence-electron chi connectivity index (χ3n) is 7.14. The summed E-state index contributed by atoms with van der Waals surface area (Å²) in [7, 11) is 0. The second-order valence-electron chi connectivity index (χ2n) is 9.23. The number of piperidine rings is 1. The molecule has 1 amide bonds. The van der Waals surface area contributed by atoms with Crippen molar-refractivity contribution < 1.29 is 9.53 Å². The minimum Gasteiger partial charge on any atom is -0.375 e. The van der Waals surface area contributed by atoms with Gasteiger partial charge in [-0.1, -0.05) is 48.5 Å². The lowest BCUT2D eigenvalue weighted by molar-refractivity contribution is -0.131. The number of carbonyl (C=O) groups excluding carboxylic acids is 1. The van der Waals surface area contributed by atoms with Crippen molar-refractivity contribution in [2.45, 2.75) is 62.8 Å². The normalized spacial score (nSPS) is 23.6. The van der Waals surface area contributed by atoms with Gasteiger partial charge < -0.3 is 9.64 Å². The van der Waals surface area contributed by atoms with Gasteiger partial charge in [-0.2, -0.15) is 0 Å². The molecule has 1 unspecified atom stereocenters. The van der Waals surface area contributed by atoms with Crippen LogP contribution >= 0.6 is 0 Å². The molecule has 4 heteroatoms. The zero-order valence-corrected chi connectivity index (χ0v) is 17.7. The number of ether oxygens (including phenoxy) is 1. The Morgan fingerprint density at radius 2 is 1.60 bits per heavy atom. The zero-order chi connectivity index (χ0) is 20.4. The molecule has 1 saturated carbocycles. The molecule has 0 bridgehead atoms. The Bertz CT molecular complexity index is 842. The first kappa shape index (κ1) is 19.8. The quantitative estimate of drug-likeness (QED) is 0.735. The van der Waals surface area contributed by atoms with E-state index in [2.05, 4.69) is 35.2 Å². The van der Waals surface area contributed by atoms with Crippen LogP contribution in [0.5, 0.6) is 0 Å². The van der Waals surface area contributed by atoms with Crippen LogP contribution in [-0.4, -0.2) is 53.1 Å². The first-order chi connectivity index (χ1) is 14.7. The molecular weight excluding hydrogens is 372 g/mol. The minimum atomic E-state index is -0.0553. The van der Waals surface area contributed by atoms with Gasteiger partial charge in [-0.25, -0.2) is 0 Å². The van der Waals surface area contributed by atoms with E-state index >= 15 is 0 Å². The predicted octanol–water partition coefficient (Wildman–Crippen LogP) is 4.51. The van der Waals surface area contributed by atoms with Gasteiger partial charge in [0.25, 0.3) is 5.91 Å². The number of hydrogen-bond donors (Lipinski definition) is 0. The number of benzene rings is 2. The number of amides is 1. The van der Waals surface area contributed by atoms with Crippen LogP contribution in [0.15, 0.2) is 60.7 Å². The van der Waals surface area contributed by atoms with Gasteiger partial charge in [0, 0.05) is 43.9 Å². The average Bonchev–Trinajstić information content (AvgIpc) is 3.64. The standard InChI is InChI=1S/C26H32N2O2/c29-25(22-9-5-2-6-10-22)27-16-14-26(15-17-27)19-24(13-18-30-26)28(23-11-12-23)20-21-7-3-1-4-8-21/h1-10,23-24H,11-20H2. The van der Waals surface area contributed by atoms with E-state index in [1.807, 2.05) is 35.2 Å². The van der Waals surface area contributed by atoms with Gasteiger partial charge in [-0.3, -0.25) is 9.69 Å². The molecule has 5 rings (SSSR count). The van der Waals surface area contributed by atoms with Crippen LogP contribution in [0.1, 0.15) is 54.4 Å². The van der Waals surface area contributed by atoms with Gasteiger partial charge in [-0.05, 0) is 56.2 Å². The van der Waals surface area contributed by atoms with Crippen LogP contribution in [0.25, 0.3) is 0 Å². The highest BCUT2D eigenvalue weighted by atomic mass is 16.5. The van der Waals surface area contributed by atoms with Gasteiger partial charge in [-0.15, -0.1) is 0 Å². The molecule has 2 aromatic rings. The molecule has 3 aliphatic rings. The number of rotatable bonds is 5. The van der Waals surface area contributed by atoms with Crippen LogP contribution < -0.4 is 0 Å². The maximum absolute atomic E-state index is 12.8. The maximum atomic E-state index is 12.8. The molecular formula is C26H32N2O2. The smallest absolute Gasteiger partial charge is 0.253 e. The summed E-state index contributed by atoms with van der Waals surface area (Å²) in [5, 5.41) is 0. The molecule has 4 nitrogen and oxygen atoms in total. The van der Waals surface area contributed by atoms with Gasteiger partial charge in [0.15, 0.2) is 0 Å². The second kappa shape index (κ2) is 8.52. The third-order valence-corrected chi connectivity index (χ3v) is 7.14. The second-order valence-corrected chi connectivity index (χ2v) is 9.23. The lowest BCUT2D eigenvalue weighted by Crippen LogP contribution is -2.54. The van der Waals surface area contributed by atoms with Crippen LogP contribution in [0.3, 0.4) is 0 Å². The SMILES string of the molecule is O=C(c1ccccc1)N1CCC2(CC1)CC(N(Cc1ccccc1)C1CC1)CCO2. The minimum absolute atomic E-state index is 0.0553. The van der Waals surface area contributed by atoms with E-state index in [1.165, 1.54) is 18.4 Å². The lowest BCUT2D eigenvalue weighted by atomic mass is 9.81. The third kappa shape index (κ3) is 4.30. The maximum Gasteiger partial charge on any atom is 0.253 e. The highest BCUT2D eigenvalue weighted by Crippen LogP contribution is 2.40. The van der Waals surface area contributed by atoms with Gasteiger partial charge in [0.1, 0.15) is 0 Å². The molecule has 3 fully saturated rings. The molecule has 2 aromatic carbocycles. The van der Waals surface area contributed by atoms with Crippen molar-refractivity contribution >= 4 is 5.91 Å². The Balaban J connectivity index is 1.23. The van der Waals surface area contributed by atoms with Gasteiger partial charge in [0.2, 0.25) is 0 Å². The Kier molecular flexibility index (Phi) is 5.62. The molecule has 0 radical (unpaired) electrons. The molecule has 1 spiro atoms. The average molecular weight is 405 g/mol. The summed E-state index contributed by atoms with van der Waals surface area (Å²) in [6.07, 6.45) is 6.78. The summed E-state index contributed by atoms with van der Waals surface area (Å²) < 4.78 is 6.41. The molecule has 0 N–H and O–H groups in total. The predicted molar refractivity (Wildman–Crippen MR) is 118 cm³/mol. The van der Waals surface area contributed by atoms with E-state index < -0.39 is 0 Å². The van der Waals surface area contributed by atoms with Crippen molar-refractivity contribution in [3.05, 3.63) is 71.8 Å². The topological polar surface area (TPSA) is 32.8 Å². The fraction of sp³-hybridized carbons (Fsp3) is 0.500. The molecule has 1 atom stereocenters.